The predicted molar refractivity (Wildman–Crippen MR) is 77.5 cm³/mol. The molecule has 0 unspecified atom stereocenters. The summed E-state index contributed by atoms with van der Waals surface area (Å²) in [5.74, 6) is 0.952. The van der Waals surface area contributed by atoms with Gasteiger partial charge in [0.1, 0.15) is 11.9 Å². The van der Waals surface area contributed by atoms with Crippen molar-refractivity contribution in [2.24, 2.45) is 0 Å². The van der Waals surface area contributed by atoms with E-state index in [0.29, 0.717) is 24.2 Å². The normalized spacial score (nSPS) is 18.7. The Morgan fingerprint density at radius 3 is 2.71 bits per heavy atom. The van der Waals surface area contributed by atoms with Gasteiger partial charge >= 0.3 is 0 Å². The van der Waals surface area contributed by atoms with E-state index in [1.54, 1.807) is 22.8 Å². The van der Waals surface area contributed by atoms with E-state index in [9.17, 15) is 13.2 Å². The van der Waals surface area contributed by atoms with Crippen LogP contribution in [0, 0.1) is 0 Å². The molecule has 1 fully saturated rings. The number of ketones is 1. The largest absolute Gasteiger partial charge is 0.489 e. The average Bonchev–Trinajstić information content (AvgIpc) is 2.84. The highest BCUT2D eigenvalue weighted by atomic mass is 32.2. The number of aromatic nitrogens is 2. The summed E-state index contributed by atoms with van der Waals surface area (Å²) in [5.41, 5.74) is 1.31. The second-order valence-corrected chi connectivity index (χ2v) is 7.58. The van der Waals surface area contributed by atoms with Crippen LogP contribution >= 0.6 is 0 Å². The van der Waals surface area contributed by atoms with Crippen molar-refractivity contribution in [1.29, 1.82) is 0 Å². The van der Waals surface area contributed by atoms with E-state index < -0.39 is 9.84 Å². The second kappa shape index (κ2) is 5.14. The lowest BCUT2D eigenvalue weighted by Crippen LogP contribution is -2.30. The molecule has 0 amide bonds. The van der Waals surface area contributed by atoms with E-state index >= 15 is 0 Å². The smallest absolute Gasteiger partial charge is 0.163 e. The standard InChI is InChI=1S/C14H16N2O4S/c1-10(17)13-8-15-16-9-12(2-3-14(13)16)20-11-4-6-21(18,19)7-5-11/h2-3,8-9,11H,4-7H2,1H3. The van der Waals surface area contributed by atoms with Crippen molar-refractivity contribution >= 4 is 21.1 Å². The lowest BCUT2D eigenvalue weighted by atomic mass is 10.2. The maximum absolute atomic E-state index is 11.4. The molecule has 6 nitrogen and oxygen atoms in total. The van der Waals surface area contributed by atoms with E-state index in [2.05, 4.69) is 5.10 Å². The molecule has 7 heteroatoms. The van der Waals surface area contributed by atoms with Gasteiger partial charge in [0, 0.05) is 0 Å². The number of fused-ring (bicyclic) bond motifs is 1. The average molecular weight is 308 g/mol. The molecule has 0 aromatic carbocycles. The number of sulfone groups is 1. The number of hydrogen-bond donors (Lipinski definition) is 0. The number of rotatable bonds is 3. The van der Waals surface area contributed by atoms with Crippen molar-refractivity contribution in [3.63, 3.8) is 0 Å². The fraction of sp³-hybridized carbons (Fsp3) is 0.429. The van der Waals surface area contributed by atoms with Crippen LogP contribution in [0.1, 0.15) is 30.1 Å². The van der Waals surface area contributed by atoms with E-state index in [4.69, 9.17) is 4.74 Å². The number of pyridine rings is 1. The molecular weight excluding hydrogens is 292 g/mol. The summed E-state index contributed by atoms with van der Waals surface area (Å²) in [6, 6.07) is 3.57. The van der Waals surface area contributed by atoms with Crippen molar-refractivity contribution in [3.05, 3.63) is 30.1 Å². The van der Waals surface area contributed by atoms with Crippen LogP contribution in [0.3, 0.4) is 0 Å². The summed E-state index contributed by atoms with van der Waals surface area (Å²) in [4.78, 5) is 11.4. The van der Waals surface area contributed by atoms with Crippen LogP contribution in [0.25, 0.3) is 5.52 Å². The zero-order valence-corrected chi connectivity index (χ0v) is 12.5. The summed E-state index contributed by atoms with van der Waals surface area (Å²) in [7, 11) is -2.88. The highest BCUT2D eigenvalue weighted by Gasteiger charge is 2.25. The number of hydrogen-bond acceptors (Lipinski definition) is 5. The van der Waals surface area contributed by atoms with Gasteiger partial charge in [-0.3, -0.25) is 4.79 Å². The molecule has 0 radical (unpaired) electrons. The zero-order valence-electron chi connectivity index (χ0n) is 11.7. The summed E-state index contributed by atoms with van der Waals surface area (Å²) < 4.78 is 30.2. The van der Waals surface area contributed by atoms with E-state index in [-0.39, 0.29) is 23.4 Å². The summed E-state index contributed by atoms with van der Waals surface area (Å²) >= 11 is 0. The minimum absolute atomic E-state index is 0.0313. The zero-order chi connectivity index (χ0) is 15.0. The molecule has 1 saturated heterocycles. The van der Waals surface area contributed by atoms with E-state index in [0.717, 1.165) is 5.52 Å². The Morgan fingerprint density at radius 2 is 2.05 bits per heavy atom. The Balaban J connectivity index is 1.78. The summed E-state index contributed by atoms with van der Waals surface area (Å²) in [6.07, 6.45) is 4.18. The van der Waals surface area contributed by atoms with Gasteiger partial charge in [0.25, 0.3) is 0 Å². The molecule has 0 bridgehead atoms. The molecule has 0 spiro atoms. The highest BCUT2D eigenvalue weighted by molar-refractivity contribution is 7.91. The van der Waals surface area contributed by atoms with Gasteiger partial charge < -0.3 is 4.74 Å². The van der Waals surface area contributed by atoms with Crippen molar-refractivity contribution in [1.82, 2.24) is 9.61 Å². The van der Waals surface area contributed by atoms with Crippen LogP contribution in [0.5, 0.6) is 5.75 Å². The molecular formula is C14H16N2O4S. The number of nitrogens with zero attached hydrogens (tertiary/aromatic N) is 2. The molecule has 1 aliphatic rings. The number of ether oxygens (including phenoxy) is 1. The van der Waals surface area contributed by atoms with Crippen LogP contribution in [-0.4, -0.2) is 41.4 Å². The van der Waals surface area contributed by atoms with E-state index in [1.807, 2.05) is 0 Å². The Bertz CT molecular complexity index is 780. The Morgan fingerprint density at radius 1 is 1.33 bits per heavy atom. The van der Waals surface area contributed by atoms with Crippen LogP contribution in [0.2, 0.25) is 0 Å². The first kappa shape index (κ1) is 14.1. The molecule has 0 aliphatic carbocycles. The van der Waals surface area contributed by atoms with Gasteiger partial charge in [0.05, 0.1) is 35.0 Å². The Hall–Kier alpha value is -1.89. The topological polar surface area (TPSA) is 77.7 Å². The second-order valence-electron chi connectivity index (χ2n) is 5.28. The van der Waals surface area contributed by atoms with Crippen LogP contribution in [0.15, 0.2) is 24.5 Å². The van der Waals surface area contributed by atoms with Crippen LogP contribution in [0.4, 0.5) is 0 Å². The molecule has 0 atom stereocenters. The first-order valence-corrected chi connectivity index (χ1v) is 8.62. The Labute approximate surface area is 122 Å². The van der Waals surface area contributed by atoms with Gasteiger partial charge in [0.15, 0.2) is 15.6 Å². The van der Waals surface area contributed by atoms with Gasteiger partial charge in [-0.15, -0.1) is 0 Å². The van der Waals surface area contributed by atoms with Crippen molar-refractivity contribution in [2.45, 2.75) is 25.9 Å². The van der Waals surface area contributed by atoms with Crippen LogP contribution < -0.4 is 4.74 Å². The minimum Gasteiger partial charge on any atom is -0.489 e. The maximum Gasteiger partial charge on any atom is 0.163 e. The third-order valence-electron chi connectivity index (χ3n) is 3.67. The highest BCUT2D eigenvalue weighted by Crippen LogP contribution is 2.22. The molecule has 0 saturated carbocycles. The van der Waals surface area contributed by atoms with Gasteiger partial charge in [0.2, 0.25) is 0 Å². The summed E-state index contributed by atoms with van der Waals surface area (Å²) in [5, 5.41) is 4.14. The predicted octanol–water partition coefficient (Wildman–Crippen LogP) is 1.49. The third kappa shape index (κ3) is 2.92. The molecule has 3 rings (SSSR count). The van der Waals surface area contributed by atoms with Crippen molar-refractivity contribution in [2.75, 3.05) is 11.5 Å². The summed E-state index contributed by atoms with van der Waals surface area (Å²) in [6.45, 7) is 1.50. The Kier molecular flexibility index (Phi) is 3.44. The molecule has 21 heavy (non-hydrogen) atoms. The SMILES string of the molecule is CC(=O)c1cnn2cc(OC3CCS(=O)(=O)CC3)ccc12. The van der Waals surface area contributed by atoms with E-state index in [1.165, 1.54) is 13.1 Å². The lowest BCUT2D eigenvalue weighted by molar-refractivity contribution is 0.101. The third-order valence-corrected chi connectivity index (χ3v) is 5.39. The fourth-order valence-corrected chi connectivity index (χ4v) is 3.93. The molecule has 2 aromatic rings. The fourth-order valence-electron chi connectivity index (χ4n) is 2.49. The molecule has 112 valence electrons. The lowest BCUT2D eigenvalue weighted by Gasteiger charge is -2.23. The van der Waals surface area contributed by atoms with Crippen LogP contribution in [-0.2, 0) is 9.84 Å². The van der Waals surface area contributed by atoms with Crippen molar-refractivity contribution in [3.8, 4) is 5.75 Å². The maximum atomic E-state index is 11.4. The quantitative estimate of drug-likeness (QED) is 0.803. The van der Waals surface area contributed by atoms with Crippen molar-refractivity contribution < 1.29 is 17.9 Å². The molecule has 1 aliphatic heterocycles. The minimum atomic E-state index is -2.88. The molecule has 3 heterocycles. The molecule has 0 N–H and O–H groups in total. The molecule has 2 aromatic heterocycles. The van der Waals surface area contributed by atoms with Gasteiger partial charge in [-0.25, -0.2) is 12.9 Å². The van der Waals surface area contributed by atoms with Gasteiger partial charge in [-0.1, -0.05) is 0 Å². The number of carbonyl (C=O) groups excluding carboxylic acids is 1. The number of Topliss-reactive ketones (excluding diaryl/α,β-unsaturated/α-hetero) is 1. The monoisotopic (exact) mass is 308 g/mol. The van der Waals surface area contributed by atoms with Gasteiger partial charge in [-0.2, -0.15) is 5.10 Å². The first-order chi connectivity index (χ1) is 9.94. The number of carbonyl (C=O) groups is 1. The van der Waals surface area contributed by atoms with Gasteiger partial charge in [-0.05, 0) is 31.9 Å². The first-order valence-electron chi connectivity index (χ1n) is 6.80.